The van der Waals surface area contributed by atoms with Crippen LogP contribution in [-0.2, 0) is 0 Å². The van der Waals surface area contributed by atoms with Crippen molar-refractivity contribution < 1.29 is 0 Å². The van der Waals surface area contributed by atoms with Gasteiger partial charge in [-0.1, -0.05) is 38.1 Å². The third kappa shape index (κ3) is 2.35. The first-order valence-corrected chi connectivity index (χ1v) is 9.01. The van der Waals surface area contributed by atoms with Gasteiger partial charge in [0.05, 0.1) is 21.9 Å². The molecule has 5 aromatic rings. The largest absolute Gasteiger partial charge is 0.284 e. The molecule has 0 aliphatic heterocycles. The summed E-state index contributed by atoms with van der Waals surface area (Å²) in [5, 5.41) is 0.570. The smallest absolute Gasteiger partial charge is 0.266 e. The average molecular weight is 354 g/mol. The maximum Gasteiger partial charge on any atom is 0.266 e. The fourth-order valence-corrected chi connectivity index (χ4v) is 3.54. The summed E-state index contributed by atoms with van der Waals surface area (Å²) < 4.78 is 3.61. The van der Waals surface area contributed by atoms with E-state index in [1.807, 2.05) is 53.1 Å². The molecule has 0 bridgehead atoms. The van der Waals surface area contributed by atoms with Crippen molar-refractivity contribution in [2.75, 3.05) is 0 Å². The topological polar surface area (TPSA) is 52.2 Å². The van der Waals surface area contributed by atoms with Crippen molar-refractivity contribution in [1.29, 1.82) is 0 Å². The van der Waals surface area contributed by atoms with E-state index >= 15 is 0 Å². The lowest BCUT2D eigenvalue weighted by atomic mass is 10.0. The van der Waals surface area contributed by atoms with Crippen LogP contribution in [0.3, 0.4) is 0 Å². The SMILES string of the molecule is CC(C)c1ccc(-n2ccc3c(cnc4nc5ccccc5n43)c2=O)cc1. The predicted octanol–water partition coefficient (Wildman–Crippen LogP) is 4.31. The van der Waals surface area contributed by atoms with E-state index < -0.39 is 0 Å². The van der Waals surface area contributed by atoms with Crippen molar-refractivity contribution in [3.8, 4) is 5.69 Å². The second kappa shape index (κ2) is 5.77. The standard InChI is InChI=1S/C22H18N4O/c1-14(2)15-7-9-16(10-8-15)25-12-11-19-17(21(25)27)13-23-22-24-18-5-3-4-6-20(18)26(19)22/h3-14H,1-2H3. The highest BCUT2D eigenvalue weighted by atomic mass is 16.1. The molecule has 0 aliphatic carbocycles. The van der Waals surface area contributed by atoms with Crippen LogP contribution in [0.15, 0.2) is 71.8 Å². The fraction of sp³-hybridized carbons (Fsp3) is 0.136. The number of hydrogen-bond donors (Lipinski definition) is 0. The van der Waals surface area contributed by atoms with E-state index in [-0.39, 0.29) is 5.56 Å². The molecule has 3 heterocycles. The molecule has 27 heavy (non-hydrogen) atoms. The van der Waals surface area contributed by atoms with Crippen LogP contribution in [0.1, 0.15) is 25.3 Å². The van der Waals surface area contributed by atoms with E-state index in [0.717, 1.165) is 22.2 Å². The Bertz CT molecular complexity index is 1360. The van der Waals surface area contributed by atoms with Crippen LogP contribution in [0.2, 0.25) is 0 Å². The fourth-order valence-electron chi connectivity index (χ4n) is 3.54. The van der Waals surface area contributed by atoms with Crippen LogP contribution in [0.5, 0.6) is 0 Å². The molecule has 0 spiro atoms. The molecule has 0 amide bonds. The van der Waals surface area contributed by atoms with Gasteiger partial charge in [-0.25, -0.2) is 9.97 Å². The van der Waals surface area contributed by atoms with Crippen molar-refractivity contribution in [2.24, 2.45) is 0 Å². The van der Waals surface area contributed by atoms with E-state index in [9.17, 15) is 4.79 Å². The summed E-state index contributed by atoms with van der Waals surface area (Å²) in [4.78, 5) is 22.1. The monoisotopic (exact) mass is 354 g/mol. The predicted molar refractivity (Wildman–Crippen MR) is 108 cm³/mol. The van der Waals surface area contributed by atoms with Gasteiger partial charge in [-0.2, -0.15) is 0 Å². The van der Waals surface area contributed by atoms with Gasteiger partial charge in [0.2, 0.25) is 5.78 Å². The molecule has 3 aromatic heterocycles. The van der Waals surface area contributed by atoms with Gasteiger partial charge in [0.25, 0.3) is 5.56 Å². The molecular formula is C22H18N4O. The van der Waals surface area contributed by atoms with Crippen LogP contribution in [0, 0.1) is 0 Å². The van der Waals surface area contributed by atoms with E-state index in [0.29, 0.717) is 17.1 Å². The summed E-state index contributed by atoms with van der Waals surface area (Å²) in [6.07, 6.45) is 3.45. The molecule has 5 nitrogen and oxygen atoms in total. The first-order valence-electron chi connectivity index (χ1n) is 9.01. The van der Waals surface area contributed by atoms with Gasteiger partial charge in [-0.3, -0.25) is 13.8 Å². The first kappa shape index (κ1) is 15.8. The minimum absolute atomic E-state index is 0.0861. The van der Waals surface area contributed by atoms with E-state index in [2.05, 4.69) is 35.9 Å². The summed E-state index contributed by atoms with van der Waals surface area (Å²) in [7, 11) is 0. The number of hydrogen-bond acceptors (Lipinski definition) is 3. The maximum atomic E-state index is 13.1. The second-order valence-corrected chi connectivity index (χ2v) is 7.03. The van der Waals surface area contributed by atoms with Crippen molar-refractivity contribution in [3.05, 3.63) is 82.9 Å². The number of nitrogens with zero attached hydrogens (tertiary/aromatic N) is 4. The van der Waals surface area contributed by atoms with Gasteiger partial charge in [-0.05, 0) is 41.8 Å². The molecular weight excluding hydrogens is 336 g/mol. The van der Waals surface area contributed by atoms with Gasteiger partial charge in [-0.15, -0.1) is 0 Å². The number of para-hydroxylation sites is 2. The lowest BCUT2D eigenvalue weighted by Crippen LogP contribution is -2.18. The van der Waals surface area contributed by atoms with Gasteiger partial charge < -0.3 is 0 Å². The quantitative estimate of drug-likeness (QED) is 0.475. The molecule has 132 valence electrons. The Balaban J connectivity index is 1.77. The molecule has 0 radical (unpaired) electrons. The highest BCUT2D eigenvalue weighted by molar-refractivity contribution is 5.88. The number of rotatable bonds is 2. The molecule has 2 aromatic carbocycles. The minimum Gasteiger partial charge on any atom is -0.284 e. The van der Waals surface area contributed by atoms with Gasteiger partial charge in [0, 0.05) is 18.1 Å². The van der Waals surface area contributed by atoms with Crippen molar-refractivity contribution in [1.82, 2.24) is 18.9 Å². The van der Waals surface area contributed by atoms with E-state index in [4.69, 9.17) is 0 Å². The van der Waals surface area contributed by atoms with Gasteiger partial charge in [0.1, 0.15) is 0 Å². The Kier molecular flexibility index (Phi) is 3.37. The zero-order chi connectivity index (χ0) is 18.5. The number of aromatic nitrogens is 4. The van der Waals surface area contributed by atoms with Crippen LogP contribution in [-0.4, -0.2) is 18.9 Å². The van der Waals surface area contributed by atoms with Gasteiger partial charge >= 0.3 is 0 Å². The summed E-state index contributed by atoms with van der Waals surface area (Å²) in [6, 6.07) is 17.9. The highest BCUT2D eigenvalue weighted by Gasteiger charge is 2.12. The number of imidazole rings is 1. The Morgan fingerprint density at radius 3 is 2.48 bits per heavy atom. The normalized spacial score (nSPS) is 11.8. The third-order valence-electron chi connectivity index (χ3n) is 5.04. The number of fused-ring (bicyclic) bond motifs is 5. The number of pyridine rings is 1. The Labute approximate surface area is 155 Å². The lowest BCUT2D eigenvalue weighted by Gasteiger charge is -2.10. The van der Waals surface area contributed by atoms with Crippen LogP contribution in [0.4, 0.5) is 0 Å². The lowest BCUT2D eigenvalue weighted by molar-refractivity contribution is 0.864. The zero-order valence-electron chi connectivity index (χ0n) is 15.1. The third-order valence-corrected chi connectivity index (χ3v) is 5.04. The van der Waals surface area contributed by atoms with E-state index in [1.54, 1.807) is 10.8 Å². The molecule has 0 aliphatic rings. The maximum absolute atomic E-state index is 13.1. The highest BCUT2D eigenvalue weighted by Crippen LogP contribution is 2.21. The molecule has 5 rings (SSSR count). The zero-order valence-corrected chi connectivity index (χ0v) is 15.1. The minimum atomic E-state index is -0.0861. The molecule has 0 N–H and O–H groups in total. The summed E-state index contributed by atoms with van der Waals surface area (Å²) in [5.74, 6) is 1.06. The van der Waals surface area contributed by atoms with Crippen LogP contribution < -0.4 is 5.56 Å². The molecule has 0 saturated carbocycles. The second-order valence-electron chi connectivity index (χ2n) is 7.03. The Morgan fingerprint density at radius 2 is 1.70 bits per heavy atom. The Hall–Kier alpha value is -3.47. The number of benzene rings is 2. The first-order chi connectivity index (χ1) is 13.1. The van der Waals surface area contributed by atoms with E-state index in [1.165, 1.54) is 5.56 Å². The molecule has 0 fully saturated rings. The van der Waals surface area contributed by atoms with Crippen molar-refractivity contribution in [3.63, 3.8) is 0 Å². The summed E-state index contributed by atoms with van der Waals surface area (Å²) >= 11 is 0. The Morgan fingerprint density at radius 1 is 0.926 bits per heavy atom. The van der Waals surface area contributed by atoms with Crippen molar-refractivity contribution in [2.45, 2.75) is 19.8 Å². The molecule has 0 atom stereocenters. The molecule has 0 saturated heterocycles. The van der Waals surface area contributed by atoms with Crippen molar-refractivity contribution >= 4 is 27.7 Å². The van der Waals surface area contributed by atoms with Crippen LogP contribution >= 0.6 is 0 Å². The molecule has 5 heteroatoms. The van der Waals surface area contributed by atoms with Gasteiger partial charge in [0.15, 0.2) is 0 Å². The van der Waals surface area contributed by atoms with Crippen LogP contribution in [0.25, 0.3) is 33.4 Å². The molecule has 0 unspecified atom stereocenters. The summed E-state index contributed by atoms with van der Waals surface area (Å²) in [6.45, 7) is 4.31. The summed E-state index contributed by atoms with van der Waals surface area (Å²) in [5.41, 5.74) is 4.64. The average Bonchev–Trinajstić information content (AvgIpc) is 3.07.